The molecule has 1 aromatic heterocycles. The van der Waals surface area contributed by atoms with Crippen molar-refractivity contribution in [1.82, 2.24) is 25.9 Å². The van der Waals surface area contributed by atoms with Crippen LogP contribution >= 0.6 is 0 Å². The molecule has 0 bridgehead atoms. The summed E-state index contributed by atoms with van der Waals surface area (Å²) in [6.45, 7) is 1.36. The predicted octanol–water partition coefficient (Wildman–Crippen LogP) is -4.48. The fourth-order valence-electron chi connectivity index (χ4n) is 3.24. The van der Waals surface area contributed by atoms with Gasteiger partial charge in [-0.15, -0.1) is 0 Å². The van der Waals surface area contributed by atoms with Crippen LogP contribution in [0.2, 0.25) is 0 Å². The summed E-state index contributed by atoms with van der Waals surface area (Å²) in [5.74, 6) is -4.92. The molecule has 0 spiro atoms. The van der Waals surface area contributed by atoms with Crippen molar-refractivity contribution in [2.45, 2.75) is 69.3 Å². The number of H-pyrrole nitrogens is 1. The van der Waals surface area contributed by atoms with Gasteiger partial charge in [-0.1, -0.05) is 0 Å². The first-order chi connectivity index (χ1) is 17.8. The number of carbonyl (C=O) groups is 5. The Morgan fingerprint density at radius 3 is 2.21 bits per heavy atom. The SMILES string of the molecule is CC(O)C(NC(=O)C(N)Cc1cnc[nH]1)C(=O)NC(CCC(N)=O)C(=O)NC(CCCN=C(N)N)C(=O)O. The van der Waals surface area contributed by atoms with Crippen molar-refractivity contribution in [1.29, 1.82) is 0 Å². The minimum atomic E-state index is -1.52. The third-order valence-electron chi connectivity index (χ3n) is 5.27. The number of carbonyl (C=O) groups excluding carboxylic acids is 4. The highest BCUT2D eigenvalue weighted by Crippen LogP contribution is 2.05. The number of rotatable bonds is 17. The van der Waals surface area contributed by atoms with Crippen LogP contribution in [-0.2, 0) is 30.4 Å². The monoisotopic (exact) mass is 540 g/mol. The molecule has 0 aliphatic heterocycles. The Labute approximate surface area is 218 Å². The lowest BCUT2D eigenvalue weighted by Gasteiger charge is -2.26. The summed E-state index contributed by atoms with van der Waals surface area (Å²) < 4.78 is 0. The van der Waals surface area contributed by atoms with Gasteiger partial charge in [0, 0.05) is 31.3 Å². The molecule has 17 heteroatoms. The normalized spacial score (nSPS) is 14.7. The van der Waals surface area contributed by atoms with E-state index >= 15 is 0 Å². The van der Waals surface area contributed by atoms with Crippen LogP contribution < -0.4 is 38.9 Å². The Morgan fingerprint density at radius 1 is 1.03 bits per heavy atom. The van der Waals surface area contributed by atoms with Crippen LogP contribution in [0.15, 0.2) is 17.5 Å². The molecule has 0 fully saturated rings. The molecule has 212 valence electrons. The van der Waals surface area contributed by atoms with Gasteiger partial charge in [0.1, 0.15) is 18.1 Å². The van der Waals surface area contributed by atoms with Crippen molar-refractivity contribution in [3.63, 3.8) is 0 Å². The molecular formula is C21H36N10O7. The topological polar surface area (TPSA) is 307 Å². The van der Waals surface area contributed by atoms with E-state index in [-0.39, 0.29) is 44.6 Å². The number of nitrogens with one attached hydrogen (secondary N) is 4. The quantitative estimate of drug-likeness (QED) is 0.0510. The second-order valence-electron chi connectivity index (χ2n) is 8.53. The number of imidazole rings is 1. The Bertz CT molecular complexity index is 979. The van der Waals surface area contributed by atoms with Gasteiger partial charge in [0.2, 0.25) is 23.6 Å². The van der Waals surface area contributed by atoms with Crippen LogP contribution in [0, 0.1) is 0 Å². The van der Waals surface area contributed by atoms with Gasteiger partial charge in [-0.05, 0) is 26.2 Å². The molecule has 5 atom stereocenters. The number of amides is 4. The van der Waals surface area contributed by atoms with E-state index in [1.165, 1.54) is 19.4 Å². The lowest BCUT2D eigenvalue weighted by atomic mass is 10.1. The number of carboxylic acids is 1. The number of aromatic nitrogens is 2. The highest BCUT2D eigenvalue weighted by molar-refractivity contribution is 5.94. The predicted molar refractivity (Wildman–Crippen MR) is 134 cm³/mol. The molecule has 17 nitrogen and oxygen atoms in total. The molecule has 4 amide bonds. The number of guanidine groups is 1. The second-order valence-corrected chi connectivity index (χ2v) is 8.53. The smallest absolute Gasteiger partial charge is 0.326 e. The zero-order chi connectivity index (χ0) is 28.8. The molecule has 1 rings (SSSR count). The number of nitrogens with two attached hydrogens (primary N) is 4. The fraction of sp³-hybridized carbons (Fsp3) is 0.571. The Hall–Kier alpha value is -4.25. The summed E-state index contributed by atoms with van der Waals surface area (Å²) in [4.78, 5) is 71.5. The zero-order valence-electron chi connectivity index (χ0n) is 20.9. The second kappa shape index (κ2) is 15.8. The molecular weight excluding hydrogens is 504 g/mol. The van der Waals surface area contributed by atoms with E-state index in [2.05, 4.69) is 30.9 Å². The number of primary amides is 1. The van der Waals surface area contributed by atoms with Crippen molar-refractivity contribution in [2.24, 2.45) is 27.9 Å². The molecule has 0 saturated heterocycles. The number of aliphatic imine (C=N–C) groups is 1. The number of nitrogens with zero attached hydrogens (tertiary/aromatic N) is 2. The Kier molecular flexibility index (Phi) is 13.2. The van der Waals surface area contributed by atoms with E-state index in [1.54, 1.807) is 0 Å². The van der Waals surface area contributed by atoms with Gasteiger partial charge in [0.15, 0.2) is 5.96 Å². The number of carboxylic acid groups (broad SMARTS) is 1. The van der Waals surface area contributed by atoms with E-state index < -0.39 is 59.9 Å². The highest BCUT2D eigenvalue weighted by Gasteiger charge is 2.32. The maximum atomic E-state index is 12.9. The highest BCUT2D eigenvalue weighted by atomic mass is 16.4. The first kappa shape index (κ1) is 31.8. The van der Waals surface area contributed by atoms with Gasteiger partial charge in [0.05, 0.1) is 18.5 Å². The summed E-state index contributed by atoms with van der Waals surface area (Å²) in [5, 5.41) is 26.5. The molecule has 1 heterocycles. The van der Waals surface area contributed by atoms with Crippen LogP contribution in [0.4, 0.5) is 0 Å². The van der Waals surface area contributed by atoms with Crippen LogP contribution in [0.3, 0.4) is 0 Å². The molecule has 5 unspecified atom stereocenters. The Balaban J connectivity index is 2.91. The molecule has 0 aliphatic rings. The van der Waals surface area contributed by atoms with Crippen LogP contribution in [-0.4, -0.2) is 92.6 Å². The first-order valence-electron chi connectivity index (χ1n) is 11.7. The van der Waals surface area contributed by atoms with E-state index in [4.69, 9.17) is 22.9 Å². The first-order valence-corrected chi connectivity index (χ1v) is 11.7. The van der Waals surface area contributed by atoms with Crippen molar-refractivity contribution >= 4 is 35.6 Å². The van der Waals surface area contributed by atoms with Crippen LogP contribution in [0.5, 0.6) is 0 Å². The fourth-order valence-corrected chi connectivity index (χ4v) is 3.24. The summed E-state index contributed by atoms with van der Waals surface area (Å²) in [6.07, 6.45) is 1.15. The maximum Gasteiger partial charge on any atom is 0.326 e. The number of aromatic amines is 1. The molecule has 1 aromatic rings. The summed E-state index contributed by atoms with van der Waals surface area (Å²) in [6, 6.07) is -5.37. The van der Waals surface area contributed by atoms with Crippen LogP contribution in [0.25, 0.3) is 0 Å². The maximum absolute atomic E-state index is 12.9. The average Bonchev–Trinajstić information content (AvgIpc) is 3.33. The molecule has 0 radical (unpaired) electrons. The van der Waals surface area contributed by atoms with Gasteiger partial charge in [-0.2, -0.15) is 0 Å². The van der Waals surface area contributed by atoms with Gasteiger partial charge in [0.25, 0.3) is 0 Å². The van der Waals surface area contributed by atoms with E-state index in [0.29, 0.717) is 5.69 Å². The van der Waals surface area contributed by atoms with Crippen molar-refractivity contribution in [3.05, 3.63) is 18.2 Å². The third kappa shape index (κ3) is 11.7. The lowest BCUT2D eigenvalue weighted by molar-refractivity contribution is -0.142. The van der Waals surface area contributed by atoms with E-state index in [1.807, 2.05) is 0 Å². The molecule has 14 N–H and O–H groups in total. The Morgan fingerprint density at radius 2 is 1.68 bits per heavy atom. The van der Waals surface area contributed by atoms with Crippen LogP contribution in [0.1, 0.15) is 38.3 Å². The number of hydrogen-bond donors (Lipinski definition) is 10. The molecule has 0 saturated carbocycles. The lowest BCUT2D eigenvalue weighted by Crippen LogP contribution is -2.60. The van der Waals surface area contributed by atoms with E-state index in [0.717, 1.165) is 0 Å². The van der Waals surface area contributed by atoms with Crippen molar-refractivity contribution < 1.29 is 34.2 Å². The van der Waals surface area contributed by atoms with Crippen molar-refractivity contribution in [2.75, 3.05) is 6.54 Å². The van der Waals surface area contributed by atoms with E-state index in [9.17, 15) is 34.2 Å². The zero-order valence-corrected chi connectivity index (χ0v) is 20.9. The number of hydrogen-bond acceptors (Lipinski definition) is 9. The van der Waals surface area contributed by atoms with Gasteiger partial charge < -0.3 is 54.1 Å². The number of aliphatic hydroxyl groups excluding tert-OH is 1. The minimum Gasteiger partial charge on any atom is -0.480 e. The largest absolute Gasteiger partial charge is 0.480 e. The van der Waals surface area contributed by atoms with Gasteiger partial charge in [-0.3, -0.25) is 24.2 Å². The summed E-state index contributed by atoms with van der Waals surface area (Å²) in [7, 11) is 0. The number of aliphatic hydroxyl groups is 1. The standard InChI is InChI=1S/C21H36N10O7/c1-10(32)16(31-17(34)12(22)7-11-8-26-9-28-11)19(36)29-13(4-5-15(23)33)18(35)30-14(20(37)38)3-2-6-27-21(24)25/h8-10,12-14,16,32H,2-7,22H2,1H3,(H2,23,33)(H,26,28)(H,29,36)(H,30,35)(H,31,34)(H,37,38)(H4,24,25,27). The minimum absolute atomic E-state index is 0.0328. The number of aliphatic carboxylic acids is 1. The summed E-state index contributed by atoms with van der Waals surface area (Å²) >= 11 is 0. The van der Waals surface area contributed by atoms with Gasteiger partial charge >= 0.3 is 5.97 Å². The average molecular weight is 541 g/mol. The van der Waals surface area contributed by atoms with Gasteiger partial charge in [-0.25, -0.2) is 9.78 Å². The molecule has 0 aromatic carbocycles. The molecule has 0 aliphatic carbocycles. The van der Waals surface area contributed by atoms with Crippen molar-refractivity contribution in [3.8, 4) is 0 Å². The third-order valence-corrected chi connectivity index (χ3v) is 5.27. The summed E-state index contributed by atoms with van der Waals surface area (Å²) in [5.41, 5.74) is 22.1. The molecule has 38 heavy (non-hydrogen) atoms.